The van der Waals surface area contributed by atoms with Crippen LogP contribution in [-0.2, 0) is 4.74 Å². The fraction of sp³-hybridized carbons (Fsp3) is 0.167. The van der Waals surface area contributed by atoms with Crippen LogP contribution in [0.5, 0.6) is 0 Å². The standard InChI is InChI=1S/C18H16ClNO2/c1-2-22-18(21)17-15(13-10-6-7-11-14(13)20-17)16(19)12-8-4-3-5-9-12/h3-11,16,20H,2H2,1H3. The summed E-state index contributed by atoms with van der Waals surface area (Å²) >= 11 is 6.67. The number of hydrogen-bond acceptors (Lipinski definition) is 2. The van der Waals surface area contributed by atoms with E-state index < -0.39 is 5.38 Å². The van der Waals surface area contributed by atoms with Crippen LogP contribution in [0.1, 0.15) is 33.9 Å². The first kappa shape index (κ1) is 14.7. The summed E-state index contributed by atoms with van der Waals surface area (Å²) in [6.45, 7) is 2.11. The molecule has 0 bridgehead atoms. The van der Waals surface area contributed by atoms with E-state index in [4.69, 9.17) is 16.3 Å². The zero-order valence-corrected chi connectivity index (χ0v) is 12.9. The van der Waals surface area contributed by atoms with E-state index in [2.05, 4.69) is 4.98 Å². The van der Waals surface area contributed by atoms with E-state index >= 15 is 0 Å². The Hall–Kier alpha value is -2.26. The predicted molar refractivity (Wildman–Crippen MR) is 88.4 cm³/mol. The maximum absolute atomic E-state index is 12.3. The summed E-state index contributed by atoms with van der Waals surface area (Å²) in [4.78, 5) is 15.4. The number of carbonyl (C=O) groups is 1. The van der Waals surface area contributed by atoms with Crippen LogP contribution in [0.25, 0.3) is 10.9 Å². The van der Waals surface area contributed by atoms with Crippen molar-refractivity contribution >= 4 is 28.5 Å². The minimum Gasteiger partial charge on any atom is -0.461 e. The number of aromatic amines is 1. The van der Waals surface area contributed by atoms with E-state index in [1.54, 1.807) is 6.92 Å². The Morgan fingerprint density at radius 2 is 1.82 bits per heavy atom. The fourth-order valence-electron chi connectivity index (χ4n) is 2.58. The number of rotatable bonds is 4. The van der Waals surface area contributed by atoms with E-state index in [0.29, 0.717) is 12.3 Å². The van der Waals surface area contributed by atoms with Crippen molar-refractivity contribution in [1.29, 1.82) is 0 Å². The van der Waals surface area contributed by atoms with Gasteiger partial charge in [-0.15, -0.1) is 11.6 Å². The van der Waals surface area contributed by atoms with Crippen LogP contribution in [-0.4, -0.2) is 17.6 Å². The predicted octanol–water partition coefficient (Wildman–Crippen LogP) is 4.67. The van der Waals surface area contributed by atoms with Gasteiger partial charge in [-0.2, -0.15) is 0 Å². The second-order valence-electron chi connectivity index (χ2n) is 4.95. The van der Waals surface area contributed by atoms with Gasteiger partial charge in [0.05, 0.1) is 12.0 Å². The van der Waals surface area contributed by atoms with Crippen LogP contribution in [0, 0.1) is 0 Å². The summed E-state index contributed by atoms with van der Waals surface area (Å²) in [6, 6.07) is 17.5. The molecule has 0 aliphatic heterocycles. The van der Waals surface area contributed by atoms with Crippen LogP contribution in [0.3, 0.4) is 0 Å². The molecular formula is C18H16ClNO2. The van der Waals surface area contributed by atoms with Gasteiger partial charge in [-0.05, 0) is 18.6 Å². The number of benzene rings is 2. The van der Waals surface area contributed by atoms with Crippen LogP contribution < -0.4 is 0 Å². The smallest absolute Gasteiger partial charge is 0.355 e. The number of hydrogen-bond donors (Lipinski definition) is 1. The molecule has 1 N–H and O–H groups in total. The Labute approximate surface area is 133 Å². The van der Waals surface area contributed by atoms with Gasteiger partial charge < -0.3 is 9.72 Å². The molecule has 4 heteroatoms. The summed E-state index contributed by atoms with van der Waals surface area (Å²) in [7, 11) is 0. The third-order valence-corrected chi connectivity index (χ3v) is 4.04. The summed E-state index contributed by atoms with van der Waals surface area (Å²) in [5.74, 6) is -0.379. The number of alkyl halides is 1. The number of para-hydroxylation sites is 1. The summed E-state index contributed by atoms with van der Waals surface area (Å²) in [5.41, 5.74) is 3.01. The van der Waals surface area contributed by atoms with Crippen molar-refractivity contribution in [2.45, 2.75) is 12.3 Å². The second-order valence-corrected chi connectivity index (χ2v) is 5.39. The van der Waals surface area contributed by atoms with Gasteiger partial charge in [0.1, 0.15) is 5.69 Å². The lowest BCUT2D eigenvalue weighted by Gasteiger charge is -2.11. The first-order chi connectivity index (χ1) is 10.7. The Bertz CT molecular complexity index is 795. The van der Waals surface area contributed by atoms with E-state index in [9.17, 15) is 4.79 Å². The lowest BCUT2D eigenvalue weighted by atomic mass is 10.0. The van der Waals surface area contributed by atoms with E-state index in [-0.39, 0.29) is 5.97 Å². The van der Waals surface area contributed by atoms with Gasteiger partial charge in [0.25, 0.3) is 0 Å². The number of halogens is 1. The number of H-pyrrole nitrogens is 1. The first-order valence-corrected chi connectivity index (χ1v) is 7.62. The molecule has 3 aromatic rings. The molecule has 0 saturated heterocycles. The molecule has 3 nitrogen and oxygen atoms in total. The van der Waals surface area contributed by atoms with Crippen molar-refractivity contribution in [2.75, 3.05) is 6.61 Å². The molecule has 2 aromatic carbocycles. The zero-order chi connectivity index (χ0) is 15.5. The Balaban J connectivity index is 2.17. The summed E-state index contributed by atoms with van der Waals surface area (Å²) < 4.78 is 5.16. The SMILES string of the molecule is CCOC(=O)c1[nH]c2ccccc2c1C(Cl)c1ccccc1. The lowest BCUT2D eigenvalue weighted by Crippen LogP contribution is -2.09. The second kappa shape index (κ2) is 6.24. The molecule has 3 rings (SSSR count). The van der Waals surface area contributed by atoms with E-state index in [1.807, 2.05) is 54.6 Å². The number of aromatic nitrogens is 1. The molecule has 0 aliphatic carbocycles. The Morgan fingerprint density at radius 1 is 1.14 bits per heavy atom. The Kier molecular flexibility index (Phi) is 4.16. The fourth-order valence-corrected chi connectivity index (χ4v) is 2.95. The molecular weight excluding hydrogens is 298 g/mol. The van der Waals surface area contributed by atoms with Gasteiger partial charge in [-0.1, -0.05) is 48.5 Å². The topological polar surface area (TPSA) is 42.1 Å². The molecule has 22 heavy (non-hydrogen) atoms. The number of ether oxygens (including phenoxy) is 1. The highest BCUT2D eigenvalue weighted by atomic mass is 35.5. The molecule has 0 spiro atoms. The van der Waals surface area contributed by atoms with Gasteiger partial charge in [0.15, 0.2) is 0 Å². The normalized spacial score (nSPS) is 12.3. The lowest BCUT2D eigenvalue weighted by molar-refractivity contribution is 0.0519. The molecule has 1 unspecified atom stereocenters. The molecule has 0 saturated carbocycles. The van der Waals surface area contributed by atoms with Gasteiger partial charge >= 0.3 is 5.97 Å². The van der Waals surface area contributed by atoms with Gasteiger partial charge in [0, 0.05) is 16.5 Å². The molecule has 0 fully saturated rings. The van der Waals surface area contributed by atoms with Crippen LogP contribution in [0.2, 0.25) is 0 Å². The number of nitrogens with one attached hydrogen (secondary N) is 1. The molecule has 1 aromatic heterocycles. The van der Waals surface area contributed by atoms with Crippen LogP contribution in [0.15, 0.2) is 54.6 Å². The maximum Gasteiger partial charge on any atom is 0.355 e. The minimum atomic E-state index is -0.420. The quantitative estimate of drug-likeness (QED) is 0.561. The largest absolute Gasteiger partial charge is 0.461 e. The number of fused-ring (bicyclic) bond motifs is 1. The first-order valence-electron chi connectivity index (χ1n) is 7.19. The van der Waals surface area contributed by atoms with Crippen molar-refractivity contribution in [3.05, 3.63) is 71.4 Å². The molecule has 0 radical (unpaired) electrons. The molecule has 0 amide bonds. The van der Waals surface area contributed by atoms with Crippen molar-refractivity contribution in [2.24, 2.45) is 0 Å². The van der Waals surface area contributed by atoms with Crippen LogP contribution >= 0.6 is 11.6 Å². The van der Waals surface area contributed by atoms with Crippen molar-refractivity contribution in [3.63, 3.8) is 0 Å². The number of carbonyl (C=O) groups excluding carboxylic acids is 1. The van der Waals surface area contributed by atoms with Gasteiger partial charge in [0.2, 0.25) is 0 Å². The zero-order valence-electron chi connectivity index (χ0n) is 12.2. The molecule has 0 aliphatic rings. The van der Waals surface area contributed by atoms with Crippen molar-refractivity contribution in [1.82, 2.24) is 4.98 Å². The molecule has 112 valence electrons. The highest BCUT2D eigenvalue weighted by Crippen LogP contribution is 2.36. The summed E-state index contributed by atoms with van der Waals surface area (Å²) in [5, 5.41) is 0.520. The average Bonchev–Trinajstić information content (AvgIpc) is 2.95. The van der Waals surface area contributed by atoms with Crippen LogP contribution in [0.4, 0.5) is 0 Å². The van der Waals surface area contributed by atoms with Gasteiger partial charge in [-0.25, -0.2) is 4.79 Å². The van der Waals surface area contributed by atoms with Crippen molar-refractivity contribution in [3.8, 4) is 0 Å². The maximum atomic E-state index is 12.3. The third-order valence-electron chi connectivity index (χ3n) is 3.57. The van der Waals surface area contributed by atoms with E-state index in [1.165, 1.54) is 0 Å². The van der Waals surface area contributed by atoms with Crippen molar-refractivity contribution < 1.29 is 9.53 Å². The summed E-state index contributed by atoms with van der Waals surface area (Å²) in [6.07, 6.45) is 0. The third kappa shape index (κ3) is 2.60. The highest BCUT2D eigenvalue weighted by molar-refractivity contribution is 6.24. The molecule has 1 heterocycles. The Morgan fingerprint density at radius 3 is 2.55 bits per heavy atom. The number of esters is 1. The highest BCUT2D eigenvalue weighted by Gasteiger charge is 2.25. The minimum absolute atomic E-state index is 0.325. The van der Waals surface area contributed by atoms with Gasteiger partial charge in [-0.3, -0.25) is 0 Å². The molecule has 1 atom stereocenters. The van der Waals surface area contributed by atoms with E-state index in [0.717, 1.165) is 22.0 Å². The monoisotopic (exact) mass is 313 g/mol. The average molecular weight is 314 g/mol.